The molecule has 0 atom stereocenters. The summed E-state index contributed by atoms with van der Waals surface area (Å²) in [5.74, 6) is 3.74. The highest BCUT2D eigenvalue weighted by Gasteiger charge is 2.28. The van der Waals surface area contributed by atoms with Crippen LogP contribution in [0.25, 0.3) is 28.1 Å². The lowest BCUT2D eigenvalue weighted by atomic mass is 10.1. The van der Waals surface area contributed by atoms with Crippen LogP contribution in [0.4, 0.5) is 5.82 Å². The number of hydrogen-bond acceptors (Lipinski definition) is 9. The third-order valence-electron chi connectivity index (χ3n) is 8.87. The van der Waals surface area contributed by atoms with Crippen LogP contribution in [0.5, 0.6) is 0 Å². The fraction of sp³-hybridized carbons (Fsp3) is 0.600. The molecule has 0 saturated carbocycles. The quantitative estimate of drug-likeness (QED) is 0.354. The average molecular weight is 560 g/mol. The zero-order valence-electron chi connectivity index (χ0n) is 24.5. The second-order valence-corrected chi connectivity index (χ2v) is 11.8. The van der Waals surface area contributed by atoms with Gasteiger partial charge in [0.2, 0.25) is 5.95 Å². The Balaban J connectivity index is 1.24. The predicted molar refractivity (Wildman–Crippen MR) is 159 cm³/mol. The fourth-order valence-corrected chi connectivity index (χ4v) is 6.50. The van der Waals surface area contributed by atoms with Gasteiger partial charge in [0, 0.05) is 71.5 Å². The molecule has 0 amide bonds. The van der Waals surface area contributed by atoms with Gasteiger partial charge in [0.05, 0.1) is 30.8 Å². The molecular weight excluding hydrogens is 518 g/mol. The molecule has 3 saturated heterocycles. The molecule has 3 aromatic heterocycles. The number of hydrogen-bond donors (Lipinski definition) is 0. The van der Waals surface area contributed by atoms with Crippen molar-refractivity contribution in [3.8, 4) is 5.95 Å². The molecule has 7 rings (SSSR count). The van der Waals surface area contributed by atoms with Gasteiger partial charge in [0.25, 0.3) is 0 Å². The Morgan fingerprint density at radius 3 is 2.34 bits per heavy atom. The summed E-state index contributed by atoms with van der Waals surface area (Å²) in [5.41, 5.74) is 3.70. The van der Waals surface area contributed by atoms with Crippen LogP contribution in [-0.2, 0) is 23.1 Å². The highest BCUT2D eigenvalue weighted by molar-refractivity contribution is 5.86. The third kappa shape index (κ3) is 5.09. The van der Waals surface area contributed by atoms with E-state index < -0.39 is 0 Å². The van der Waals surface area contributed by atoms with E-state index in [2.05, 4.69) is 62.9 Å². The van der Waals surface area contributed by atoms with Crippen LogP contribution in [0, 0.1) is 0 Å². The first kappa shape index (κ1) is 26.8. The summed E-state index contributed by atoms with van der Waals surface area (Å²) >= 11 is 0. The van der Waals surface area contributed by atoms with Crippen molar-refractivity contribution in [1.29, 1.82) is 0 Å². The van der Waals surface area contributed by atoms with E-state index in [0.717, 1.165) is 112 Å². The van der Waals surface area contributed by atoms with Crippen LogP contribution in [0.3, 0.4) is 0 Å². The predicted octanol–water partition coefficient (Wildman–Crippen LogP) is 2.96. The van der Waals surface area contributed by atoms with Gasteiger partial charge < -0.3 is 18.9 Å². The number of aryl methyl sites for hydroxylation is 1. The summed E-state index contributed by atoms with van der Waals surface area (Å²) in [5, 5.41) is 0. The van der Waals surface area contributed by atoms with Crippen LogP contribution in [0.1, 0.15) is 44.3 Å². The third-order valence-corrected chi connectivity index (χ3v) is 8.87. The lowest BCUT2D eigenvalue weighted by Crippen LogP contribution is -2.51. The Bertz CT molecular complexity index is 1510. The Kier molecular flexibility index (Phi) is 7.36. The zero-order valence-corrected chi connectivity index (χ0v) is 24.5. The summed E-state index contributed by atoms with van der Waals surface area (Å²) in [7, 11) is 2.10. The van der Waals surface area contributed by atoms with Crippen molar-refractivity contribution in [3.05, 3.63) is 35.9 Å². The molecule has 0 aliphatic carbocycles. The van der Waals surface area contributed by atoms with Crippen molar-refractivity contribution in [2.45, 2.75) is 45.2 Å². The van der Waals surface area contributed by atoms with Gasteiger partial charge in [-0.25, -0.2) is 9.97 Å². The number of nitrogens with zero attached hydrogens (tertiary/aromatic N) is 9. The second-order valence-electron chi connectivity index (χ2n) is 11.8. The van der Waals surface area contributed by atoms with E-state index in [9.17, 15) is 0 Å². The summed E-state index contributed by atoms with van der Waals surface area (Å²) in [6.07, 6.45) is 2.31. The number of imidazole rings is 2. The first-order valence-corrected chi connectivity index (χ1v) is 15.1. The van der Waals surface area contributed by atoms with E-state index in [1.165, 1.54) is 0 Å². The fourth-order valence-electron chi connectivity index (χ4n) is 6.50. The molecule has 3 aliphatic heterocycles. The van der Waals surface area contributed by atoms with Crippen molar-refractivity contribution in [3.63, 3.8) is 0 Å². The van der Waals surface area contributed by atoms with Crippen LogP contribution >= 0.6 is 0 Å². The van der Waals surface area contributed by atoms with E-state index in [1.807, 2.05) is 6.07 Å². The highest BCUT2D eigenvalue weighted by Crippen LogP contribution is 2.30. The van der Waals surface area contributed by atoms with E-state index in [0.29, 0.717) is 25.2 Å². The van der Waals surface area contributed by atoms with Gasteiger partial charge in [0.15, 0.2) is 17.0 Å². The van der Waals surface area contributed by atoms with E-state index in [-0.39, 0.29) is 5.92 Å². The molecule has 0 unspecified atom stereocenters. The number of rotatable bonds is 6. The standard InChI is InChI=1S/C30H41N9O2/c1-21(2)27-31-23-6-4-5-7-24(23)39(27)30-33-28-26(29(34-30)38-14-18-41-19-15-38)32-25(35(28)3)20-36-10-12-37(13-11-36)22-8-16-40-17-9-22/h4-7,21-22H,8-20H2,1-3H3. The monoisotopic (exact) mass is 559 g/mol. The van der Waals surface area contributed by atoms with Crippen LogP contribution in [-0.4, -0.2) is 111 Å². The first-order chi connectivity index (χ1) is 20.1. The zero-order chi connectivity index (χ0) is 27.9. The van der Waals surface area contributed by atoms with E-state index >= 15 is 0 Å². The Labute approximate surface area is 241 Å². The summed E-state index contributed by atoms with van der Waals surface area (Å²) in [6.45, 7) is 14.2. The molecule has 0 bridgehead atoms. The number of benzene rings is 1. The molecule has 0 N–H and O–H groups in total. The SMILES string of the molecule is CC(C)c1nc2ccccc2n1-c1nc(N2CCOCC2)c2nc(CN3CCN(C4CCOCC4)CC3)n(C)c2n1. The Morgan fingerprint density at radius 2 is 1.59 bits per heavy atom. The van der Waals surface area contributed by atoms with Crippen molar-refractivity contribution in [1.82, 2.24) is 38.9 Å². The molecule has 3 aliphatic rings. The summed E-state index contributed by atoms with van der Waals surface area (Å²) < 4.78 is 15.6. The molecule has 0 radical (unpaired) electrons. The van der Waals surface area contributed by atoms with Crippen LogP contribution in [0.2, 0.25) is 0 Å². The number of fused-ring (bicyclic) bond motifs is 2. The number of para-hydroxylation sites is 2. The van der Waals surface area contributed by atoms with Gasteiger partial charge in [-0.15, -0.1) is 0 Å². The molecule has 0 spiro atoms. The molecule has 41 heavy (non-hydrogen) atoms. The van der Waals surface area contributed by atoms with Gasteiger partial charge in [-0.05, 0) is 25.0 Å². The molecule has 4 aromatic rings. The van der Waals surface area contributed by atoms with Crippen molar-refractivity contribution < 1.29 is 9.47 Å². The minimum Gasteiger partial charge on any atom is -0.381 e. The maximum atomic E-state index is 5.68. The molecule has 1 aromatic carbocycles. The second kappa shape index (κ2) is 11.3. The molecule has 11 heteroatoms. The molecule has 218 valence electrons. The van der Waals surface area contributed by atoms with E-state index in [1.54, 1.807) is 0 Å². The number of ether oxygens (including phenoxy) is 2. The smallest absolute Gasteiger partial charge is 0.239 e. The number of morpholine rings is 1. The first-order valence-electron chi connectivity index (χ1n) is 15.1. The normalized spacial score (nSPS) is 20.1. The minimum atomic E-state index is 0.218. The van der Waals surface area contributed by atoms with E-state index in [4.69, 9.17) is 29.4 Å². The van der Waals surface area contributed by atoms with Crippen molar-refractivity contribution in [2.24, 2.45) is 7.05 Å². The van der Waals surface area contributed by atoms with Gasteiger partial charge in [0.1, 0.15) is 11.6 Å². The maximum absolute atomic E-state index is 5.68. The lowest BCUT2D eigenvalue weighted by molar-refractivity contribution is 0.0122. The topological polar surface area (TPSA) is 89.6 Å². The largest absolute Gasteiger partial charge is 0.381 e. The van der Waals surface area contributed by atoms with Crippen molar-refractivity contribution >= 4 is 28.0 Å². The highest BCUT2D eigenvalue weighted by atomic mass is 16.5. The Morgan fingerprint density at radius 1 is 0.854 bits per heavy atom. The van der Waals surface area contributed by atoms with Crippen molar-refractivity contribution in [2.75, 3.05) is 70.6 Å². The van der Waals surface area contributed by atoms with Crippen LogP contribution < -0.4 is 4.90 Å². The van der Waals surface area contributed by atoms with Gasteiger partial charge in [-0.3, -0.25) is 14.4 Å². The summed E-state index contributed by atoms with van der Waals surface area (Å²) in [4.78, 5) is 28.0. The van der Waals surface area contributed by atoms with Gasteiger partial charge in [-0.1, -0.05) is 26.0 Å². The van der Waals surface area contributed by atoms with Crippen LogP contribution in [0.15, 0.2) is 24.3 Å². The lowest BCUT2D eigenvalue weighted by Gasteiger charge is -2.40. The maximum Gasteiger partial charge on any atom is 0.239 e. The number of aromatic nitrogens is 6. The molecule has 3 fully saturated rings. The molecule has 11 nitrogen and oxygen atoms in total. The van der Waals surface area contributed by atoms with Gasteiger partial charge >= 0.3 is 0 Å². The minimum absolute atomic E-state index is 0.218. The molecular formula is C30H41N9O2. The summed E-state index contributed by atoms with van der Waals surface area (Å²) in [6, 6.07) is 8.91. The Hall–Kier alpha value is -3.12. The number of piperazine rings is 1. The molecule has 6 heterocycles. The average Bonchev–Trinajstić information content (AvgIpc) is 3.56. The number of anilines is 1. The van der Waals surface area contributed by atoms with Gasteiger partial charge in [-0.2, -0.15) is 9.97 Å².